The Labute approximate surface area is 155 Å². The molecule has 3 heterocycles. The van der Waals surface area contributed by atoms with Crippen molar-refractivity contribution >= 4 is 21.9 Å². The molecule has 6 heteroatoms. The van der Waals surface area contributed by atoms with E-state index in [9.17, 15) is 4.39 Å². The van der Waals surface area contributed by atoms with Crippen molar-refractivity contribution in [1.29, 1.82) is 0 Å². The fourth-order valence-electron chi connectivity index (χ4n) is 3.82. The molecule has 2 aromatic carbocycles. The largest absolute Gasteiger partial charge is 0.371 e. The molecule has 0 fully saturated rings. The van der Waals surface area contributed by atoms with E-state index in [-0.39, 0.29) is 11.9 Å². The summed E-state index contributed by atoms with van der Waals surface area (Å²) >= 11 is 0. The van der Waals surface area contributed by atoms with Gasteiger partial charge in [0.25, 0.3) is 0 Å². The molecule has 2 aromatic heterocycles. The Balaban J connectivity index is 1.37. The van der Waals surface area contributed by atoms with Crippen LogP contribution < -0.4 is 5.32 Å². The smallest absolute Gasteiger partial charge is 0.136 e. The Morgan fingerprint density at radius 3 is 3.04 bits per heavy atom. The number of para-hydroxylation sites is 1. The number of halogens is 1. The van der Waals surface area contributed by atoms with Gasteiger partial charge in [0.1, 0.15) is 18.2 Å². The highest BCUT2D eigenvalue weighted by atomic mass is 19.1. The molecule has 0 saturated carbocycles. The maximum Gasteiger partial charge on any atom is 0.136 e. The Morgan fingerprint density at radius 2 is 2.07 bits per heavy atom. The van der Waals surface area contributed by atoms with Crippen molar-refractivity contribution in [2.24, 2.45) is 0 Å². The number of imidazole rings is 1. The van der Waals surface area contributed by atoms with Gasteiger partial charge in [-0.05, 0) is 29.8 Å². The molecule has 0 spiro atoms. The van der Waals surface area contributed by atoms with Gasteiger partial charge in [-0.3, -0.25) is 4.98 Å². The second-order valence-corrected chi connectivity index (χ2v) is 6.82. The van der Waals surface area contributed by atoms with Gasteiger partial charge in [0.05, 0.1) is 29.2 Å². The van der Waals surface area contributed by atoms with Crippen molar-refractivity contribution in [3.05, 3.63) is 71.9 Å². The van der Waals surface area contributed by atoms with Crippen LogP contribution in [0.5, 0.6) is 0 Å². The fourth-order valence-corrected chi connectivity index (χ4v) is 3.82. The molecule has 4 aromatic rings. The molecule has 5 nitrogen and oxygen atoms in total. The lowest BCUT2D eigenvalue weighted by molar-refractivity contribution is 0.0564. The number of nitrogens with one attached hydrogen (secondary N) is 1. The number of ether oxygens (including phenoxy) is 1. The van der Waals surface area contributed by atoms with E-state index in [0.717, 1.165) is 35.3 Å². The van der Waals surface area contributed by atoms with Gasteiger partial charge in [0.2, 0.25) is 0 Å². The topological polar surface area (TPSA) is 52.0 Å². The molecule has 1 N–H and O–H groups in total. The predicted molar refractivity (Wildman–Crippen MR) is 102 cm³/mol. The number of rotatable bonds is 4. The molecule has 27 heavy (non-hydrogen) atoms. The lowest BCUT2D eigenvalue weighted by Gasteiger charge is -2.26. The van der Waals surface area contributed by atoms with Gasteiger partial charge in [0.15, 0.2) is 0 Å². The third kappa shape index (κ3) is 2.97. The molecule has 1 aliphatic rings. The molecule has 1 aliphatic heterocycles. The van der Waals surface area contributed by atoms with E-state index in [2.05, 4.69) is 25.9 Å². The van der Waals surface area contributed by atoms with Crippen LogP contribution in [0.1, 0.15) is 17.4 Å². The Hall–Kier alpha value is -2.83. The van der Waals surface area contributed by atoms with Crippen LogP contribution in [0.4, 0.5) is 4.39 Å². The number of fused-ring (bicyclic) bond motifs is 4. The second kappa shape index (κ2) is 6.72. The van der Waals surface area contributed by atoms with Gasteiger partial charge in [-0.1, -0.05) is 18.2 Å². The zero-order chi connectivity index (χ0) is 18.2. The van der Waals surface area contributed by atoms with Crippen LogP contribution >= 0.6 is 0 Å². The van der Waals surface area contributed by atoms with Crippen molar-refractivity contribution in [2.45, 2.75) is 19.2 Å². The van der Waals surface area contributed by atoms with Crippen LogP contribution in [0.2, 0.25) is 0 Å². The van der Waals surface area contributed by atoms with Crippen LogP contribution in [0.3, 0.4) is 0 Å². The van der Waals surface area contributed by atoms with Gasteiger partial charge in [-0.25, -0.2) is 9.37 Å². The number of benzene rings is 2. The molecular formula is C21H19FN4O. The zero-order valence-corrected chi connectivity index (χ0v) is 14.7. The van der Waals surface area contributed by atoms with Gasteiger partial charge in [0, 0.05) is 30.7 Å². The Kier molecular flexibility index (Phi) is 4.07. The van der Waals surface area contributed by atoms with E-state index in [1.807, 2.05) is 30.5 Å². The third-order valence-electron chi connectivity index (χ3n) is 5.07. The summed E-state index contributed by atoms with van der Waals surface area (Å²) in [5, 5.41) is 4.70. The zero-order valence-electron chi connectivity index (χ0n) is 14.7. The summed E-state index contributed by atoms with van der Waals surface area (Å²) in [5.74, 6) is 0.584. The lowest BCUT2D eigenvalue weighted by atomic mass is 10.1. The van der Waals surface area contributed by atoms with Crippen LogP contribution in [0, 0.1) is 5.82 Å². The predicted octanol–water partition coefficient (Wildman–Crippen LogP) is 3.58. The van der Waals surface area contributed by atoms with Gasteiger partial charge >= 0.3 is 0 Å². The molecule has 5 rings (SSSR count). The summed E-state index contributed by atoms with van der Waals surface area (Å²) in [6.45, 7) is 2.56. The van der Waals surface area contributed by atoms with Crippen LogP contribution in [-0.4, -0.2) is 27.7 Å². The first-order valence-corrected chi connectivity index (χ1v) is 9.07. The quantitative estimate of drug-likeness (QED) is 0.603. The number of nitrogens with zero attached hydrogens (tertiary/aromatic N) is 3. The van der Waals surface area contributed by atoms with Crippen molar-refractivity contribution in [2.75, 3.05) is 13.2 Å². The normalized spacial score (nSPS) is 16.7. The molecule has 136 valence electrons. The van der Waals surface area contributed by atoms with Crippen molar-refractivity contribution in [1.82, 2.24) is 19.9 Å². The minimum Gasteiger partial charge on any atom is -0.371 e. The molecule has 0 aliphatic carbocycles. The molecule has 1 atom stereocenters. The minimum absolute atomic E-state index is 0.123. The minimum atomic E-state index is -0.266. The molecule has 0 amide bonds. The average Bonchev–Trinajstić information content (AvgIpc) is 3.06. The van der Waals surface area contributed by atoms with Crippen molar-refractivity contribution in [3.63, 3.8) is 0 Å². The molecule has 1 unspecified atom stereocenters. The van der Waals surface area contributed by atoms with Crippen LogP contribution in [0.25, 0.3) is 21.9 Å². The summed E-state index contributed by atoms with van der Waals surface area (Å²) in [5.41, 5.74) is 3.86. The summed E-state index contributed by atoms with van der Waals surface area (Å²) in [4.78, 5) is 8.95. The van der Waals surface area contributed by atoms with E-state index in [4.69, 9.17) is 4.74 Å². The van der Waals surface area contributed by atoms with Crippen molar-refractivity contribution < 1.29 is 9.13 Å². The number of hydrogen-bond acceptors (Lipinski definition) is 4. The number of aromatic nitrogens is 3. The summed E-state index contributed by atoms with van der Waals surface area (Å²) < 4.78 is 21.4. The molecule has 0 radical (unpaired) electrons. The van der Waals surface area contributed by atoms with Gasteiger partial charge in [-0.15, -0.1) is 0 Å². The van der Waals surface area contributed by atoms with E-state index >= 15 is 0 Å². The number of pyridine rings is 1. The summed E-state index contributed by atoms with van der Waals surface area (Å²) in [6.07, 6.45) is 1.85. The third-order valence-corrected chi connectivity index (χ3v) is 5.07. The maximum atomic E-state index is 13.5. The summed E-state index contributed by atoms with van der Waals surface area (Å²) in [7, 11) is 0. The SMILES string of the molecule is Fc1ccc2c(c1)nc1n2C(CNCc2ccnc3ccccc23)COC1. The fraction of sp³-hybridized carbons (Fsp3) is 0.238. The van der Waals surface area contributed by atoms with Crippen LogP contribution in [-0.2, 0) is 17.9 Å². The standard InChI is InChI=1S/C21H19FN4O/c22-15-5-6-20-19(9-15)25-21-13-27-12-16(26(20)21)11-23-10-14-7-8-24-18-4-2-1-3-17(14)18/h1-9,16,23H,10-13H2. The van der Waals surface area contributed by atoms with Crippen molar-refractivity contribution in [3.8, 4) is 0 Å². The monoisotopic (exact) mass is 362 g/mol. The van der Waals surface area contributed by atoms with E-state index in [0.29, 0.717) is 18.7 Å². The molecule has 0 bridgehead atoms. The molecule has 0 saturated heterocycles. The molecular weight excluding hydrogens is 343 g/mol. The van der Waals surface area contributed by atoms with E-state index in [1.54, 1.807) is 6.07 Å². The first-order valence-electron chi connectivity index (χ1n) is 9.07. The highest BCUT2D eigenvalue weighted by Crippen LogP contribution is 2.26. The first kappa shape index (κ1) is 16.4. The van der Waals surface area contributed by atoms with E-state index < -0.39 is 0 Å². The van der Waals surface area contributed by atoms with Crippen LogP contribution in [0.15, 0.2) is 54.7 Å². The lowest BCUT2D eigenvalue weighted by Crippen LogP contribution is -2.32. The Morgan fingerprint density at radius 1 is 1.15 bits per heavy atom. The first-order chi connectivity index (χ1) is 13.3. The van der Waals surface area contributed by atoms with E-state index in [1.165, 1.54) is 17.7 Å². The highest BCUT2D eigenvalue weighted by Gasteiger charge is 2.24. The Bertz CT molecular complexity index is 1120. The average molecular weight is 362 g/mol. The van der Waals surface area contributed by atoms with Gasteiger partial charge in [-0.2, -0.15) is 0 Å². The van der Waals surface area contributed by atoms with Gasteiger partial charge < -0.3 is 14.6 Å². The highest BCUT2D eigenvalue weighted by molar-refractivity contribution is 5.81. The second-order valence-electron chi connectivity index (χ2n) is 6.82. The maximum absolute atomic E-state index is 13.5. The number of hydrogen-bond donors (Lipinski definition) is 1. The summed E-state index contributed by atoms with van der Waals surface area (Å²) in [6, 6.07) is 15.1.